The molecule has 0 aliphatic heterocycles. The van der Waals surface area contributed by atoms with Crippen LogP contribution < -0.4 is 0 Å². The molecule has 1 aromatic heterocycles. The first-order valence-electron chi connectivity index (χ1n) is 12.1. The van der Waals surface area contributed by atoms with Gasteiger partial charge in [-0.25, -0.2) is 0 Å². The molecule has 0 saturated carbocycles. The topological polar surface area (TPSA) is 79.8 Å². The Bertz CT molecular complexity index is 1080. The van der Waals surface area contributed by atoms with E-state index in [2.05, 4.69) is 30.9 Å². The van der Waals surface area contributed by atoms with Crippen molar-refractivity contribution in [2.24, 2.45) is 5.92 Å². The lowest BCUT2D eigenvalue weighted by Gasteiger charge is -2.28. The Morgan fingerprint density at radius 2 is 1.66 bits per heavy atom. The van der Waals surface area contributed by atoms with Gasteiger partial charge in [-0.1, -0.05) is 56.3 Å². The van der Waals surface area contributed by atoms with Gasteiger partial charge in [-0.2, -0.15) is 0 Å². The van der Waals surface area contributed by atoms with Crippen molar-refractivity contribution in [3.63, 3.8) is 0 Å². The molecule has 0 N–H and O–H groups in total. The van der Waals surface area contributed by atoms with E-state index in [1.54, 1.807) is 12.1 Å². The molecule has 0 saturated heterocycles. The highest BCUT2D eigenvalue weighted by Crippen LogP contribution is 2.16. The second-order valence-electron chi connectivity index (χ2n) is 9.38. The summed E-state index contributed by atoms with van der Waals surface area (Å²) in [5, 5.41) is 11.0. The van der Waals surface area contributed by atoms with Crippen molar-refractivity contribution in [1.29, 1.82) is 0 Å². The van der Waals surface area contributed by atoms with E-state index in [0.29, 0.717) is 25.6 Å². The van der Waals surface area contributed by atoms with Crippen LogP contribution in [-0.2, 0) is 24.3 Å². The number of nitro groups is 1. The molecule has 0 unspecified atom stereocenters. The lowest BCUT2D eigenvalue weighted by atomic mass is 10.1. The third kappa shape index (κ3) is 8.68. The fourth-order valence-electron chi connectivity index (χ4n) is 3.89. The fraction of sp³-hybridized carbons (Fsp3) is 0.393. The van der Waals surface area contributed by atoms with Crippen LogP contribution in [0.3, 0.4) is 0 Å². The lowest BCUT2D eigenvalue weighted by Crippen LogP contribution is -2.41. The van der Waals surface area contributed by atoms with Crippen LogP contribution in [0.1, 0.15) is 42.9 Å². The van der Waals surface area contributed by atoms with E-state index in [9.17, 15) is 14.9 Å². The molecule has 0 bridgehead atoms. The highest BCUT2D eigenvalue weighted by Gasteiger charge is 2.20. The molecule has 7 nitrogen and oxygen atoms in total. The van der Waals surface area contributed by atoms with Gasteiger partial charge in [-0.05, 0) is 55.5 Å². The molecule has 2 aromatic carbocycles. The van der Waals surface area contributed by atoms with Crippen molar-refractivity contribution in [3.8, 4) is 0 Å². The third-order valence-corrected chi connectivity index (χ3v) is 5.94. The summed E-state index contributed by atoms with van der Waals surface area (Å²) in [5.74, 6) is 2.14. The first kappa shape index (κ1) is 26.2. The summed E-state index contributed by atoms with van der Waals surface area (Å²) in [5.41, 5.74) is 2.20. The zero-order chi connectivity index (χ0) is 25.2. The molecule has 0 aliphatic rings. The molecule has 0 atom stereocenters. The van der Waals surface area contributed by atoms with E-state index in [1.807, 2.05) is 42.2 Å². The lowest BCUT2D eigenvalue weighted by molar-refractivity contribution is -0.384. The van der Waals surface area contributed by atoms with E-state index in [4.69, 9.17) is 4.42 Å². The minimum atomic E-state index is -0.398. The summed E-state index contributed by atoms with van der Waals surface area (Å²) in [6, 6.07) is 20.6. The maximum atomic E-state index is 13.5. The summed E-state index contributed by atoms with van der Waals surface area (Å²) in [4.78, 5) is 28.1. The zero-order valence-corrected chi connectivity index (χ0v) is 20.9. The van der Waals surface area contributed by atoms with Crippen molar-refractivity contribution in [3.05, 3.63) is 99.5 Å². The number of hydrogen-bond acceptors (Lipinski definition) is 5. The maximum Gasteiger partial charge on any atom is 0.269 e. The Balaban J connectivity index is 1.72. The van der Waals surface area contributed by atoms with E-state index in [0.717, 1.165) is 36.5 Å². The van der Waals surface area contributed by atoms with Crippen LogP contribution in [0.4, 0.5) is 5.69 Å². The van der Waals surface area contributed by atoms with Gasteiger partial charge in [-0.15, -0.1) is 0 Å². The Kier molecular flexibility index (Phi) is 9.61. The quantitative estimate of drug-likeness (QED) is 0.236. The number of benzene rings is 2. The number of amides is 1. The normalized spacial score (nSPS) is 11.2. The first-order valence-corrected chi connectivity index (χ1v) is 12.1. The van der Waals surface area contributed by atoms with E-state index in [1.165, 1.54) is 17.7 Å². The Hall–Kier alpha value is -3.45. The molecule has 3 rings (SSSR count). The Labute approximate surface area is 207 Å². The van der Waals surface area contributed by atoms with Crippen molar-refractivity contribution in [2.45, 2.75) is 46.7 Å². The van der Waals surface area contributed by atoms with E-state index in [-0.39, 0.29) is 18.1 Å². The van der Waals surface area contributed by atoms with Crippen LogP contribution in [0, 0.1) is 23.0 Å². The zero-order valence-electron chi connectivity index (χ0n) is 20.9. The van der Waals surface area contributed by atoms with Crippen LogP contribution >= 0.6 is 0 Å². The number of hydrogen-bond donors (Lipinski definition) is 0. The van der Waals surface area contributed by atoms with Gasteiger partial charge in [-0.3, -0.25) is 19.8 Å². The molecular formula is C28H35N3O4. The number of carbonyl (C=O) groups excluding carboxylic acids is 1. The van der Waals surface area contributed by atoms with Crippen molar-refractivity contribution in [1.82, 2.24) is 9.80 Å². The van der Waals surface area contributed by atoms with Gasteiger partial charge in [0.25, 0.3) is 5.69 Å². The smallest absolute Gasteiger partial charge is 0.269 e. The Morgan fingerprint density at radius 3 is 2.26 bits per heavy atom. The van der Waals surface area contributed by atoms with Gasteiger partial charge in [0, 0.05) is 25.2 Å². The van der Waals surface area contributed by atoms with Gasteiger partial charge in [0.2, 0.25) is 5.91 Å². The van der Waals surface area contributed by atoms with Crippen LogP contribution in [0.25, 0.3) is 0 Å². The van der Waals surface area contributed by atoms with Gasteiger partial charge in [0.05, 0.1) is 18.0 Å². The number of aryl methyl sites for hydroxylation is 1. The fourth-order valence-corrected chi connectivity index (χ4v) is 3.89. The van der Waals surface area contributed by atoms with E-state index >= 15 is 0 Å². The third-order valence-electron chi connectivity index (χ3n) is 5.94. The summed E-state index contributed by atoms with van der Waals surface area (Å²) >= 11 is 0. The van der Waals surface area contributed by atoms with Crippen molar-refractivity contribution >= 4 is 11.6 Å². The number of non-ortho nitro benzene ring substituents is 1. The second kappa shape index (κ2) is 12.9. The van der Waals surface area contributed by atoms with Crippen LogP contribution in [0.15, 0.2) is 71.1 Å². The first-order chi connectivity index (χ1) is 16.8. The predicted molar refractivity (Wildman–Crippen MR) is 137 cm³/mol. The molecule has 1 heterocycles. The molecule has 0 radical (unpaired) electrons. The number of nitrogens with zero attached hydrogens (tertiary/aromatic N) is 3. The SMILES string of the molecule is Cc1ccc(CN(CCc2ccccc2)C(=O)CN(CCC(C)C)Cc2ccc([N+](=O)[O-])cc2)o1. The number of carbonyl (C=O) groups is 1. The highest BCUT2D eigenvalue weighted by atomic mass is 16.6. The van der Waals surface area contributed by atoms with Crippen molar-refractivity contribution < 1.29 is 14.1 Å². The van der Waals surface area contributed by atoms with Gasteiger partial charge < -0.3 is 9.32 Å². The Morgan fingerprint density at radius 1 is 0.943 bits per heavy atom. The molecule has 0 spiro atoms. The highest BCUT2D eigenvalue weighted by molar-refractivity contribution is 5.78. The molecule has 0 fully saturated rings. The predicted octanol–water partition coefficient (Wildman–Crippen LogP) is 5.62. The molecular weight excluding hydrogens is 442 g/mol. The standard InChI is InChI=1S/C28H35N3O4/c1-22(2)15-17-29(19-25-10-12-26(13-11-25)31(33)34)21-28(32)30(20-27-14-9-23(3)35-27)18-16-24-7-5-4-6-8-24/h4-14,22H,15-21H2,1-3H3. The largest absolute Gasteiger partial charge is 0.464 e. The molecule has 3 aromatic rings. The summed E-state index contributed by atoms with van der Waals surface area (Å²) in [6.07, 6.45) is 1.72. The minimum Gasteiger partial charge on any atom is -0.464 e. The number of rotatable bonds is 13. The van der Waals surface area contributed by atoms with E-state index < -0.39 is 4.92 Å². The molecule has 1 amide bonds. The average molecular weight is 478 g/mol. The maximum absolute atomic E-state index is 13.5. The monoisotopic (exact) mass is 477 g/mol. The average Bonchev–Trinajstić information content (AvgIpc) is 3.25. The van der Waals surface area contributed by atoms with Crippen molar-refractivity contribution in [2.75, 3.05) is 19.6 Å². The van der Waals surface area contributed by atoms with Gasteiger partial charge >= 0.3 is 0 Å². The van der Waals surface area contributed by atoms with Crippen LogP contribution in [0.2, 0.25) is 0 Å². The summed E-state index contributed by atoms with van der Waals surface area (Å²) < 4.78 is 5.76. The summed E-state index contributed by atoms with van der Waals surface area (Å²) in [6.45, 7) is 8.85. The molecule has 186 valence electrons. The van der Waals surface area contributed by atoms with Gasteiger partial charge in [0.1, 0.15) is 11.5 Å². The second-order valence-corrected chi connectivity index (χ2v) is 9.38. The number of nitro benzene ring substituents is 1. The number of furan rings is 1. The van der Waals surface area contributed by atoms with Gasteiger partial charge in [0.15, 0.2) is 0 Å². The van der Waals surface area contributed by atoms with Crippen LogP contribution in [-0.4, -0.2) is 40.3 Å². The molecule has 35 heavy (non-hydrogen) atoms. The van der Waals surface area contributed by atoms with Crippen LogP contribution in [0.5, 0.6) is 0 Å². The minimum absolute atomic E-state index is 0.0423. The molecule has 0 aliphatic carbocycles. The summed E-state index contributed by atoms with van der Waals surface area (Å²) in [7, 11) is 0. The molecule has 7 heteroatoms.